The van der Waals surface area contributed by atoms with Gasteiger partial charge in [0.05, 0.1) is 6.20 Å². The van der Waals surface area contributed by atoms with Gasteiger partial charge in [0.25, 0.3) is 5.91 Å². The quantitative estimate of drug-likeness (QED) is 0.547. The van der Waals surface area contributed by atoms with Gasteiger partial charge in [-0.25, -0.2) is 4.98 Å². The predicted octanol–water partition coefficient (Wildman–Crippen LogP) is 3.48. The van der Waals surface area contributed by atoms with Crippen LogP contribution in [0.2, 0.25) is 0 Å². The highest BCUT2D eigenvalue weighted by Crippen LogP contribution is 2.30. The highest BCUT2D eigenvalue weighted by atomic mass is 19.4. The first-order chi connectivity index (χ1) is 13.8. The van der Waals surface area contributed by atoms with E-state index in [0.29, 0.717) is 17.2 Å². The molecule has 2 N–H and O–H groups in total. The summed E-state index contributed by atoms with van der Waals surface area (Å²) in [6.45, 7) is 0. The molecule has 0 spiro atoms. The van der Waals surface area contributed by atoms with E-state index in [2.05, 4.69) is 25.9 Å². The van der Waals surface area contributed by atoms with Gasteiger partial charge >= 0.3 is 6.18 Å². The summed E-state index contributed by atoms with van der Waals surface area (Å²) in [6, 6.07) is 11.4. The Kier molecular flexibility index (Phi) is 4.41. The van der Waals surface area contributed by atoms with Gasteiger partial charge in [0, 0.05) is 24.6 Å². The predicted molar refractivity (Wildman–Crippen MR) is 98.9 cm³/mol. The number of hydrogen-bond donors (Lipinski definition) is 2. The monoisotopic (exact) mass is 401 g/mol. The number of carbonyl (C=O) groups excluding carboxylic acids is 1. The van der Waals surface area contributed by atoms with Crippen molar-refractivity contribution < 1.29 is 18.0 Å². The Bertz CT molecular complexity index is 1180. The molecule has 1 aromatic carbocycles. The van der Waals surface area contributed by atoms with E-state index >= 15 is 0 Å². The largest absolute Gasteiger partial charge is 0.434 e. The maximum absolute atomic E-state index is 12.9. The Morgan fingerprint density at radius 2 is 1.76 bits per heavy atom. The van der Waals surface area contributed by atoms with Gasteiger partial charge in [-0.2, -0.15) is 13.2 Å². The van der Waals surface area contributed by atoms with E-state index in [1.54, 1.807) is 43.4 Å². The van der Waals surface area contributed by atoms with Crippen molar-refractivity contribution in [1.29, 1.82) is 0 Å². The van der Waals surface area contributed by atoms with Crippen LogP contribution in [0.4, 0.5) is 30.4 Å². The molecule has 0 aliphatic rings. The summed E-state index contributed by atoms with van der Waals surface area (Å²) >= 11 is 0. The molecule has 0 aliphatic heterocycles. The molecular weight excluding hydrogens is 387 g/mol. The Labute approximate surface area is 162 Å². The van der Waals surface area contributed by atoms with E-state index in [4.69, 9.17) is 0 Å². The SMILES string of the molecule is Cn1cc(C(=O)Nc2ccc(Nc3cccc4nc(C(F)(F)F)cn34)cc2)nn1. The minimum atomic E-state index is -4.52. The van der Waals surface area contributed by atoms with E-state index in [9.17, 15) is 18.0 Å². The fourth-order valence-electron chi connectivity index (χ4n) is 2.68. The fourth-order valence-corrected chi connectivity index (χ4v) is 2.68. The van der Waals surface area contributed by atoms with Crippen molar-refractivity contribution in [2.24, 2.45) is 7.05 Å². The van der Waals surface area contributed by atoms with Crippen LogP contribution in [0.25, 0.3) is 5.65 Å². The number of nitrogens with zero attached hydrogens (tertiary/aromatic N) is 5. The van der Waals surface area contributed by atoms with E-state index in [1.807, 2.05) is 0 Å². The molecule has 11 heteroatoms. The van der Waals surface area contributed by atoms with Crippen molar-refractivity contribution in [2.45, 2.75) is 6.18 Å². The number of fused-ring (bicyclic) bond motifs is 1. The number of imidazole rings is 1. The molecule has 0 saturated carbocycles. The Balaban J connectivity index is 1.52. The summed E-state index contributed by atoms with van der Waals surface area (Å²) in [5, 5.41) is 13.2. The highest BCUT2D eigenvalue weighted by molar-refractivity contribution is 6.02. The first kappa shape index (κ1) is 18.5. The molecule has 0 radical (unpaired) electrons. The Morgan fingerprint density at radius 1 is 1.03 bits per heavy atom. The molecular formula is C18H14F3N7O. The van der Waals surface area contributed by atoms with Gasteiger partial charge < -0.3 is 10.6 Å². The van der Waals surface area contributed by atoms with Crippen molar-refractivity contribution in [3.8, 4) is 0 Å². The van der Waals surface area contributed by atoms with E-state index in [1.165, 1.54) is 21.3 Å². The third-order valence-electron chi connectivity index (χ3n) is 4.03. The molecule has 0 atom stereocenters. The van der Waals surface area contributed by atoms with Crippen LogP contribution in [0.5, 0.6) is 0 Å². The van der Waals surface area contributed by atoms with Gasteiger partial charge in [-0.15, -0.1) is 5.10 Å². The average Bonchev–Trinajstić information content (AvgIpc) is 3.30. The third-order valence-corrected chi connectivity index (χ3v) is 4.03. The minimum absolute atomic E-state index is 0.176. The van der Waals surface area contributed by atoms with Crippen LogP contribution in [0.15, 0.2) is 54.9 Å². The number of carbonyl (C=O) groups is 1. The number of halogens is 3. The maximum Gasteiger partial charge on any atom is 0.434 e. The lowest BCUT2D eigenvalue weighted by atomic mass is 10.2. The van der Waals surface area contributed by atoms with Crippen molar-refractivity contribution in [2.75, 3.05) is 10.6 Å². The topological polar surface area (TPSA) is 89.1 Å². The lowest BCUT2D eigenvalue weighted by Crippen LogP contribution is -2.12. The van der Waals surface area contributed by atoms with Crippen molar-refractivity contribution >= 4 is 28.7 Å². The number of amides is 1. The van der Waals surface area contributed by atoms with Crippen LogP contribution < -0.4 is 10.6 Å². The lowest BCUT2D eigenvalue weighted by Gasteiger charge is -2.10. The smallest absolute Gasteiger partial charge is 0.341 e. The number of hydrogen-bond acceptors (Lipinski definition) is 5. The van der Waals surface area contributed by atoms with Crippen LogP contribution in [-0.4, -0.2) is 30.3 Å². The molecule has 148 valence electrons. The van der Waals surface area contributed by atoms with E-state index in [0.717, 1.165) is 6.20 Å². The summed E-state index contributed by atoms with van der Waals surface area (Å²) in [7, 11) is 1.66. The zero-order chi connectivity index (χ0) is 20.6. The van der Waals surface area contributed by atoms with Gasteiger partial charge in [-0.1, -0.05) is 11.3 Å². The molecule has 4 rings (SSSR count). The van der Waals surface area contributed by atoms with Gasteiger partial charge in [0.2, 0.25) is 0 Å². The summed E-state index contributed by atoms with van der Waals surface area (Å²) in [6.07, 6.45) is -2.09. The average molecular weight is 401 g/mol. The molecule has 3 heterocycles. The number of alkyl halides is 3. The lowest BCUT2D eigenvalue weighted by molar-refractivity contribution is -0.140. The molecule has 0 saturated heterocycles. The number of anilines is 3. The first-order valence-corrected chi connectivity index (χ1v) is 8.40. The number of aryl methyl sites for hydroxylation is 1. The third kappa shape index (κ3) is 3.88. The van der Waals surface area contributed by atoms with Crippen molar-refractivity contribution in [3.63, 3.8) is 0 Å². The Hall–Kier alpha value is -3.89. The molecule has 4 aromatic rings. The highest BCUT2D eigenvalue weighted by Gasteiger charge is 2.34. The minimum Gasteiger partial charge on any atom is -0.341 e. The second kappa shape index (κ2) is 6.93. The zero-order valence-corrected chi connectivity index (χ0v) is 15.0. The number of nitrogens with one attached hydrogen (secondary N) is 2. The zero-order valence-electron chi connectivity index (χ0n) is 15.0. The number of aromatic nitrogens is 5. The summed E-state index contributed by atoms with van der Waals surface area (Å²) in [4.78, 5) is 15.7. The maximum atomic E-state index is 12.9. The van der Waals surface area contributed by atoms with Gasteiger partial charge in [-0.3, -0.25) is 13.9 Å². The Morgan fingerprint density at radius 3 is 2.41 bits per heavy atom. The molecule has 0 fully saturated rings. The molecule has 8 nitrogen and oxygen atoms in total. The molecule has 29 heavy (non-hydrogen) atoms. The van der Waals surface area contributed by atoms with E-state index < -0.39 is 17.8 Å². The first-order valence-electron chi connectivity index (χ1n) is 8.40. The second-order valence-electron chi connectivity index (χ2n) is 6.20. The van der Waals surface area contributed by atoms with Crippen LogP contribution in [-0.2, 0) is 13.2 Å². The fraction of sp³-hybridized carbons (Fsp3) is 0.111. The molecule has 3 aromatic heterocycles. The summed E-state index contributed by atoms with van der Waals surface area (Å²) < 4.78 is 41.5. The molecule has 0 bridgehead atoms. The molecule has 0 unspecified atom stereocenters. The van der Waals surface area contributed by atoms with Gasteiger partial charge in [-0.05, 0) is 36.4 Å². The summed E-state index contributed by atoms with van der Waals surface area (Å²) in [5.74, 6) is 0.0171. The van der Waals surface area contributed by atoms with E-state index in [-0.39, 0.29) is 11.3 Å². The number of pyridine rings is 1. The normalized spacial score (nSPS) is 11.6. The van der Waals surface area contributed by atoms with Crippen LogP contribution in [0.3, 0.4) is 0 Å². The second-order valence-corrected chi connectivity index (χ2v) is 6.20. The van der Waals surface area contributed by atoms with Crippen molar-refractivity contribution in [1.82, 2.24) is 24.4 Å². The van der Waals surface area contributed by atoms with Crippen molar-refractivity contribution in [3.05, 3.63) is 66.2 Å². The number of benzene rings is 1. The standard InChI is InChI=1S/C18H14F3N7O/c1-27-9-13(25-26-27)17(29)23-12-7-5-11(6-8-12)22-15-3-2-4-16-24-14(10-28(15)16)18(19,20)21/h2-10,22H,1H3,(H,23,29). The summed E-state index contributed by atoms with van der Waals surface area (Å²) in [5.41, 5.74) is 0.551. The van der Waals surface area contributed by atoms with Gasteiger partial charge in [0.15, 0.2) is 11.4 Å². The van der Waals surface area contributed by atoms with Gasteiger partial charge in [0.1, 0.15) is 11.5 Å². The number of rotatable bonds is 4. The molecule has 1 amide bonds. The van der Waals surface area contributed by atoms with Crippen LogP contribution in [0.1, 0.15) is 16.2 Å². The molecule has 0 aliphatic carbocycles. The van der Waals surface area contributed by atoms with Crippen LogP contribution in [0, 0.1) is 0 Å². The van der Waals surface area contributed by atoms with Crippen LogP contribution >= 0.6 is 0 Å².